The first-order valence-electron chi connectivity index (χ1n) is 8.72. The van der Waals surface area contributed by atoms with Crippen molar-refractivity contribution in [2.75, 3.05) is 39.8 Å². The van der Waals surface area contributed by atoms with Crippen molar-refractivity contribution in [3.8, 4) is 0 Å². The van der Waals surface area contributed by atoms with Gasteiger partial charge in [-0.2, -0.15) is 0 Å². The van der Waals surface area contributed by atoms with E-state index >= 15 is 0 Å². The number of nitrogens with one attached hydrogen (secondary N) is 1. The molecule has 0 radical (unpaired) electrons. The predicted octanol–water partition coefficient (Wildman–Crippen LogP) is 2.57. The molecule has 0 amide bonds. The predicted molar refractivity (Wildman–Crippen MR) is 87.2 cm³/mol. The van der Waals surface area contributed by atoms with Gasteiger partial charge in [0.05, 0.1) is 0 Å². The van der Waals surface area contributed by atoms with E-state index in [4.69, 9.17) is 0 Å². The molecule has 1 saturated carbocycles. The molecule has 0 aromatic carbocycles. The topological polar surface area (TPSA) is 18.5 Å². The number of likely N-dealkylation sites (tertiary alicyclic amines) is 1. The highest BCUT2D eigenvalue weighted by molar-refractivity contribution is 4.87. The van der Waals surface area contributed by atoms with E-state index in [1.54, 1.807) is 0 Å². The molecular weight excluding hydrogens is 246 g/mol. The van der Waals surface area contributed by atoms with Crippen LogP contribution in [-0.2, 0) is 0 Å². The summed E-state index contributed by atoms with van der Waals surface area (Å²) in [4.78, 5) is 5.24. The smallest absolute Gasteiger partial charge is 0.0223 e. The monoisotopic (exact) mass is 281 g/mol. The van der Waals surface area contributed by atoms with E-state index in [-0.39, 0.29) is 0 Å². The number of nitrogens with zero attached hydrogens (tertiary/aromatic N) is 2. The van der Waals surface area contributed by atoms with Crippen LogP contribution in [0.2, 0.25) is 0 Å². The third-order valence-corrected chi connectivity index (χ3v) is 5.33. The van der Waals surface area contributed by atoms with Gasteiger partial charge in [0.1, 0.15) is 0 Å². The highest BCUT2D eigenvalue weighted by Crippen LogP contribution is 2.26. The molecule has 2 rings (SSSR count). The van der Waals surface area contributed by atoms with Gasteiger partial charge in [0.2, 0.25) is 0 Å². The lowest BCUT2D eigenvalue weighted by Gasteiger charge is -2.36. The van der Waals surface area contributed by atoms with E-state index in [1.165, 1.54) is 64.8 Å². The van der Waals surface area contributed by atoms with E-state index in [1.807, 2.05) is 0 Å². The van der Waals surface area contributed by atoms with Crippen molar-refractivity contribution >= 4 is 0 Å². The number of rotatable bonds is 9. The Morgan fingerprint density at radius 2 is 2.00 bits per heavy atom. The van der Waals surface area contributed by atoms with Crippen molar-refractivity contribution in [2.24, 2.45) is 5.41 Å². The van der Waals surface area contributed by atoms with Gasteiger partial charge in [-0.1, -0.05) is 20.8 Å². The quantitative estimate of drug-likeness (QED) is 0.701. The molecule has 0 aromatic heterocycles. The Bertz CT molecular complexity index is 290. The minimum absolute atomic E-state index is 0.424. The lowest BCUT2D eigenvalue weighted by atomic mass is 9.86. The van der Waals surface area contributed by atoms with Gasteiger partial charge >= 0.3 is 0 Å². The summed E-state index contributed by atoms with van der Waals surface area (Å²) in [6, 6.07) is 1.62. The molecular formula is C17H35N3. The molecule has 2 fully saturated rings. The van der Waals surface area contributed by atoms with Crippen molar-refractivity contribution in [1.29, 1.82) is 0 Å². The molecule has 0 aromatic rings. The molecule has 1 heterocycles. The first-order chi connectivity index (χ1) is 9.56. The molecule has 1 aliphatic carbocycles. The second-order valence-electron chi connectivity index (χ2n) is 7.44. The molecule has 0 spiro atoms. The second kappa shape index (κ2) is 7.24. The van der Waals surface area contributed by atoms with Gasteiger partial charge < -0.3 is 10.2 Å². The zero-order valence-electron chi connectivity index (χ0n) is 14.1. The summed E-state index contributed by atoms with van der Waals surface area (Å²) in [5, 5.41) is 3.73. The Balaban J connectivity index is 1.76. The van der Waals surface area contributed by atoms with Gasteiger partial charge in [-0.15, -0.1) is 0 Å². The summed E-state index contributed by atoms with van der Waals surface area (Å²) in [6.07, 6.45) is 6.83. The normalized spacial score (nSPS) is 27.1. The number of hydrogen-bond acceptors (Lipinski definition) is 3. The average Bonchev–Trinajstić information content (AvgIpc) is 3.16. The maximum Gasteiger partial charge on any atom is 0.0223 e. The SMILES string of the molecule is CCN1CCCC1CN(C)CC(C)(CC)CNC1CC1. The zero-order chi connectivity index (χ0) is 14.6. The average molecular weight is 281 g/mol. The molecule has 3 heteroatoms. The van der Waals surface area contributed by atoms with E-state index in [9.17, 15) is 0 Å². The molecule has 2 unspecified atom stereocenters. The standard InChI is InChI=1S/C17H35N3/c1-5-17(3,13-18-15-9-10-15)14-19(4)12-16-8-7-11-20(16)6-2/h15-16,18H,5-14H2,1-4H3. The minimum atomic E-state index is 0.424. The Morgan fingerprint density at radius 3 is 2.60 bits per heavy atom. The Labute approximate surface area is 126 Å². The van der Waals surface area contributed by atoms with Crippen LogP contribution < -0.4 is 5.32 Å². The van der Waals surface area contributed by atoms with Crippen molar-refractivity contribution in [2.45, 2.75) is 65.0 Å². The first-order valence-corrected chi connectivity index (χ1v) is 8.72. The zero-order valence-corrected chi connectivity index (χ0v) is 14.1. The van der Waals surface area contributed by atoms with Crippen LogP contribution in [0.15, 0.2) is 0 Å². The van der Waals surface area contributed by atoms with Crippen LogP contribution in [-0.4, -0.2) is 61.7 Å². The molecule has 2 aliphatic rings. The summed E-state index contributed by atoms with van der Waals surface area (Å²) >= 11 is 0. The molecule has 2 atom stereocenters. The maximum absolute atomic E-state index is 3.73. The maximum atomic E-state index is 3.73. The van der Waals surface area contributed by atoms with Gasteiger partial charge in [-0.25, -0.2) is 0 Å². The lowest BCUT2D eigenvalue weighted by molar-refractivity contribution is 0.141. The van der Waals surface area contributed by atoms with E-state index < -0.39 is 0 Å². The molecule has 1 saturated heterocycles. The largest absolute Gasteiger partial charge is 0.313 e. The number of likely N-dealkylation sites (N-methyl/N-ethyl adjacent to an activating group) is 2. The van der Waals surface area contributed by atoms with Crippen LogP contribution in [0.1, 0.15) is 52.9 Å². The third kappa shape index (κ3) is 4.71. The Morgan fingerprint density at radius 1 is 1.25 bits per heavy atom. The van der Waals surface area contributed by atoms with Gasteiger partial charge in [0.25, 0.3) is 0 Å². The van der Waals surface area contributed by atoms with E-state index in [2.05, 4.69) is 42.9 Å². The molecule has 1 N–H and O–H groups in total. The van der Waals surface area contributed by atoms with Crippen molar-refractivity contribution in [1.82, 2.24) is 15.1 Å². The summed E-state index contributed by atoms with van der Waals surface area (Å²) < 4.78 is 0. The van der Waals surface area contributed by atoms with Gasteiger partial charge in [0, 0.05) is 31.7 Å². The first kappa shape index (κ1) is 16.3. The highest BCUT2D eigenvalue weighted by Gasteiger charge is 2.30. The van der Waals surface area contributed by atoms with Gasteiger partial charge in [-0.3, -0.25) is 4.90 Å². The fourth-order valence-corrected chi connectivity index (χ4v) is 3.57. The second-order valence-corrected chi connectivity index (χ2v) is 7.44. The Kier molecular flexibility index (Phi) is 5.88. The van der Waals surface area contributed by atoms with Crippen molar-refractivity contribution < 1.29 is 0 Å². The highest BCUT2D eigenvalue weighted by atomic mass is 15.2. The van der Waals surface area contributed by atoms with Crippen LogP contribution in [0.25, 0.3) is 0 Å². The fourth-order valence-electron chi connectivity index (χ4n) is 3.57. The molecule has 1 aliphatic heterocycles. The summed E-state index contributed by atoms with van der Waals surface area (Å²) in [5.41, 5.74) is 0.424. The lowest BCUT2D eigenvalue weighted by Crippen LogP contribution is -2.45. The van der Waals surface area contributed by atoms with Gasteiger partial charge in [-0.05, 0) is 57.7 Å². The van der Waals surface area contributed by atoms with Crippen molar-refractivity contribution in [3.63, 3.8) is 0 Å². The van der Waals surface area contributed by atoms with Crippen LogP contribution in [0, 0.1) is 5.41 Å². The van der Waals surface area contributed by atoms with E-state index in [0.29, 0.717) is 5.41 Å². The van der Waals surface area contributed by atoms with Gasteiger partial charge in [0.15, 0.2) is 0 Å². The summed E-state index contributed by atoms with van der Waals surface area (Å²) in [7, 11) is 2.32. The van der Waals surface area contributed by atoms with Crippen LogP contribution >= 0.6 is 0 Å². The number of hydrogen-bond donors (Lipinski definition) is 1. The molecule has 20 heavy (non-hydrogen) atoms. The summed E-state index contributed by atoms with van der Waals surface area (Å²) in [5.74, 6) is 0. The minimum Gasteiger partial charge on any atom is -0.313 e. The molecule has 3 nitrogen and oxygen atoms in total. The Hall–Kier alpha value is -0.120. The third-order valence-electron chi connectivity index (χ3n) is 5.33. The van der Waals surface area contributed by atoms with Crippen LogP contribution in [0.5, 0.6) is 0 Å². The molecule has 118 valence electrons. The van der Waals surface area contributed by atoms with Crippen molar-refractivity contribution in [3.05, 3.63) is 0 Å². The van der Waals surface area contributed by atoms with Crippen LogP contribution in [0.4, 0.5) is 0 Å². The summed E-state index contributed by atoms with van der Waals surface area (Å²) in [6.45, 7) is 13.3. The van der Waals surface area contributed by atoms with E-state index in [0.717, 1.165) is 12.1 Å². The van der Waals surface area contributed by atoms with Crippen LogP contribution in [0.3, 0.4) is 0 Å². The molecule has 0 bridgehead atoms. The fraction of sp³-hybridized carbons (Fsp3) is 1.00.